The third-order valence-electron chi connectivity index (χ3n) is 4.37. The molecule has 1 fully saturated rings. The number of hydrogen-bond donors (Lipinski definition) is 2. The summed E-state index contributed by atoms with van der Waals surface area (Å²) < 4.78 is 37.0. The molecule has 7 nitrogen and oxygen atoms in total. The van der Waals surface area contributed by atoms with Crippen molar-refractivity contribution in [2.24, 2.45) is 0 Å². The fourth-order valence-corrected chi connectivity index (χ4v) is 2.78. The number of carbonyl (C=O) groups is 2. The van der Waals surface area contributed by atoms with Crippen molar-refractivity contribution in [1.82, 2.24) is 10.2 Å². The summed E-state index contributed by atoms with van der Waals surface area (Å²) in [7, 11) is 0. The minimum atomic E-state index is -0.887. The van der Waals surface area contributed by atoms with E-state index in [0.717, 1.165) is 12.1 Å². The predicted molar refractivity (Wildman–Crippen MR) is 98.3 cm³/mol. The Balaban J connectivity index is 1.46. The number of aromatic hydroxyl groups is 1. The lowest BCUT2D eigenvalue weighted by Gasteiger charge is -2.32. The number of morpholine rings is 1. The smallest absolute Gasteiger partial charge is 0.410 e. The summed E-state index contributed by atoms with van der Waals surface area (Å²) in [5.41, 5.74) is 0.727. The molecule has 2 aromatic rings. The van der Waals surface area contributed by atoms with Crippen LogP contribution in [0.25, 0.3) is 0 Å². The molecule has 0 spiro atoms. The van der Waals surface area contributed by atoms with Crippen molar-refractivity contribution in [3.63, 3.8) is 0 Å². The van der Waals surface area contributed by atoms with Crippen LogP contribution in [0.5, 0.6) is 5.75 Å². The molecular formula is C20H20F2N2O5. The highest BCUT2D eigenvalue weighted by atomic mass is 19.1. The van der Waals surface area contributed by atoms with Gasteiger partial charge in [-0.05, 0) is 35.9 Å². The van der Waals surface area contributed by atoms with Crippen LogP contribution in [0.2, 0.25) is 0 Å². The number of phenols is 1. The average Bonchev–Trinajstić information content (AvgIpc) is 2.73. The van der Waals surface area contributed by atoms with Gasteiger partial charge in [0.05, 0.1) is 19.3 Å². The van der Waals surface area contributed by atoms with E-state index in [9.17, 15) is 23.5 Å². The Morgan fingerprint density at radius 3 is 2.69 bits per heavy atom. The topological polar surface area (TPSA) is 88.1 Å². The molecular weight excluding hydrogens is 386 g/mol. The lowest BCUT2D eigenvalue weighted by molar-refractivity contribution is -0.0263. The van der Waals surface area contributed by atoms with Crippen molar-refractivity contribution in [1.29, 1.82) is 0 Å². The van der Waals surface area contributed by atoms with Gasteiger partial charge in [0.25, 0.3) is 5.91 Å². The van der Waals surface area contributed by atoms with Gasteiger partial charge in [0.2, 0.25) is 0 Å². The maximum Gasteiger partial charge on any atom is 0.410 e. The van der Waals surface area contributed by atoms with Crippen LogP contribution in [0.1, 0.15) is 15.9 Å². The maximum atomic E-state index is 13.4. The van der Waals surface area contributed by atoms with Crippen LogP contribution in [-0.2, 0) is 16.1 Å². The molecule has 2 aromatic carbocycles. The maximum absolute atomic E-state index is 13.4. The Morgan fingerprint density at radius 2 is 1.97 bits per heavy atom. The molecule has 1 heterocycles. The molecule has 1 saturated heterocycles. The van der Waals surface area contributed by atoms with Crippen LogP contribution in [0.3, 0.4) is 0 Å². The molecule has 1 aliphatic heterocycles. The van der Waals surface area contributed by atoms with Crippen LogP contribution in [-0.4, -0.2) is 54.4 Å². The van der Waals surface area contributed by atoms with Crippen LogP contribution in [0.4, 0.5) is 13.6 Å². The second-order valence-electron chi connectivity index (χ2n) is 6.50. The van der Waals surface area contributed by atoms with Gasteiger partial charge >= 0.3 is 6.09 Å². The van der Waals surface area contributed by atoms with Crippen molar-refractivity contribution in [3.05, 3.63) is 65.2 Å². The van der Waals surface area contributed by atoms with Gasteiger partial charge in [-0.15, -0.1) is 0 Å². The molecule has 29 heavy (non-hydrogen) atoms. The fourth-order valence-electron chi connectivity index (χ4n) is 2.78. The number of phenolic OH excluding ortho intramolecular Hbond substituents is 1. The summed E-state index contributed by atoms with van der Waals surface area (Å²) in [4.78, 5) is 25.8. The second-order valence-corrected chi connectivity index (χ2v) is 6.50. The van der Waals surface area contributed by atoms with Crippen molar-refractivity contribution in [2.75, 3.05) is 26.2 Å². The lowest BCUT2D eigenvalue weighted by Crippen LogP contribution is -2.49. The first-order valence-electron chi connectivity index (χ1n) is 8.97. The molecule has 1 atom stereocenters. The molecule has 0 aromatic heterocycles. The summed E-state index contributed by atoms with van der Waals surface area (Å²) in [5, 5.41) is 11.8. The monoisotopic (exact) mass is 406 g/mol. The summed E-state index contributed by atoms with van der Waals surface area (Å²) >= 11 is 0. The third-order valence-corrected chi connectivity index (χ3v) is 4.37. The molecule has 3 rings (SSSR count). The van der Waals surface area contributed by atoms with E-state index in [4.69, 9.17) is 9.47 Å². The van der Waals surface area contributed by atoms with Gasteiger partial charge in [-0.25, -0.2) is 13.6 Å². The van der Waals surface area contributed by atoms with Gasteiger partial charge in [0, 0.05) is 18.7 Å². The normalized spacial score (nSPS) is 16.3. The number of carbonyl (C=O) groups excluding carboxylic acids is 2. The van der Waals surface area contributed by atoms with Crippen molar-refractivity contribution in [2.45, 2.75) is 12.7 Å². The van der Waals surface area contributed by atoms with Crippen molar-refractivity contribution >= 4 is 12.0 Å². The Labute approximate surface area is 165 Å². The highest BCUT2D eigenvalue weighted by molar-refractivity contribution is 5.94. The standard InChI is InChI=1S/C20H20F2N2O5/c21-15-4-1-13(2-5-15)12-29-20(27)24-7-8-28-16(11-24)10-23-19(26)14-3-6-18(25)17(22)9-14/h1-6,9,16,25H,7-8,10-12H2,(H,23,26)/t16-/m1/s1. The first-order chi connectivity index (χ1) is 13.9. The largest absolute Gasteiger partial charge is 0.505 e. The van der Waals surface area contributed by atoms with Gasteiger partial charge < -0.3 is 24.8 Å². The highest BCUT2D eigenvalue weighted by Gasteiger charge is 2.26. The Bertz CT molecular complexity index is 876. The molecule has 0 saturated carbocycles. The van der Waals surface area contributed by atoms with Gasteiger partial charge in [-0.1, -0.05) is 12.1 Å². The van der Waals surface area contributed by atoms with Crippen LogP contribution in [0.15, 0.2) is 42.5 Å². The van der Waals surface area contributed by atoms with Gasteiger partial charge in [-0.2, -0.15) is 0 Å². The molecule has 0 radical (unpaired) electrons. The zero-order chi connectivity index (χ0) is 20.8. The number of amides is 2. The molecule has 0 bridgehead atoms. The molecule has 0 aliphatic carbocycles. The van der Waals surface area contributed by atoms with E-state index in [1.807, 2.05) is 0 Å². The van der Waals surface area contributed by atoms with E-state index in [2.05, 4.69) is 5.32 Å². The molecule has 2 amide bonds. The second kappa shape index (κ2) is 9.33. The zero-order valence-corrected chi connectivity index (χ0v) is 15.4. The summed E-state index contributed by atoms with van der Waals surface area (Å²) in [6, 6.07) is 8.98. The third kappa shape index (κ3) is 5.64. The zero-order valence-electron chi connectivity index (χ0n) is 15.4. The minimum absolute atomic E-state index is 0.0181. The molecule has 1 aliphatic rings. The van der Waals surface area contributed by atoms with E-state index in [-0.39, 0.29) is 37.7 Å². The Kier molecular flexibility index (Phi) is 6.61. The van der Waals surface area contributed by atoms with Crippen LogP contribution in [0, 0.1) is 11.6 Å². The van der Waals surface area contributed by atoms with E-state index in [1.54, 1.807) is 0 Å². The van der Waals surface area contributed by atoms with Crippen molar-refractivity contribution < 1.29 is 33.0 Å². The number of hydrogen-bond acceptors (Lipinski definition) is 5. The van der Waals surface area contributed by atoms with Crippen molar-refractivity contribution in [3.8, 4) is 5.75 Å². The minimum Gasteiger partial charge on any atom is -0.505 e. The molecule has 0 unspecified atom stereocenters. The number of benzene rings is 2. The van der Waals surface area contributed by atoms with E-state index in [1.165, 1.54) is 35.2 Å². The Hall–Kier alpha value is -3.20. The summed E-state index contributed by atoms with van der Waals surface area (Å²) in [6.07, 6.45) is -0.984. The summed E-state index contributed by atoms with van der Waals surface area (Å²) in [6.45, 7) is 0.968. The van der Waals surface area contributed by atoms with E-state index in [0.29, 0.717) is 12.1 Å². The quantitative estimate of drug-likeness (QED) is 0.796. The first-order valence-corrected chi connectivity index (χ1v) is 8.97. The number of nitrogens with zero attached hydrogens (tertiary/aromatic N) is 1. The first kappa shape index (κ1) is 20.5. The number of halogens is 2. The van der Waals surface area contributed by atoms with Gasteiger partial charge in [0.1, 0.15) is 12.4 Å². The SMILES string of the molecule is O=C(NC[C@@H]1CN(C(=O)OCc2ccc(F)cc2)CCO1)c1ccc(O)c(F)c1. The number of nitrogens with one attached hydrogen (secondary N) is 1. The van der Waals surface area contributed by atoms with Gasteiger partial charge in [0.15, 0.2) is 11.6 Å². The molecule has 2 N–H and O–H groups in total. The van der Waals surface area contributed by atoms with E-state index >= 15 is 0 Å². The Morgan fingerprint density at radius 1 is 1.21 bits per heavy atom. The average molecular weight is 406 g/mol. The number of rotatable bonds is 5. The molecule has 154 valence electrons. The lowest BCUT2D eigenvalue weighted by atomic mass is 10.2. The highest BCUT2D eigenvalue weighted by Crippen LogP contribution is 2.16. The molecule has 9 heteroatoms. The van der Waals surface area contributed by atoms with Gasteiger partial charge in [-0.3, -0.25) is 4.79 Å². The fraction of sp³-hybridized carbons (Fsp3) is 0.300. The van der Waals surface area contributed by atoms with Crippen LogP contribution >= 0.6 is 0 Å². The predicted octanol–water partition coefficient (Wildman–Crippen LogP) is 2.44. The van der Waals surface area contributed by atoms with Crippen LogP contribution < -0.4 is 5.32 Å². The number of ether oxygens (including phenoxy) is 2. The summed E-state index contributed by atoms with van der Waals surface area (Å²) in [5.74, 6) is -2.31. The van der Waals surface area contributed by atoms with E-state index < -0.39 is 29.7 Å².